The molecular formula is C23H24O6. The molecule has 0 amide bonds. The zero-order valence-corrected chi connectivity index (χ0v) is 16.7. The molecule has 0 bridgehead atoms. The second-order valence-electron chi connectivity index (χ2n) is 7.34. The van der Waals surface area contributed by atoms with Gasteiger partial charge in [-0.3, -0.25) is 4.79 Å². The average Bonchev–Trinajstić information content (AvgIpc) is 3.15. The highest BCUT2D eigenvalue weighted by Crippen LogP contribution is 2.47. The molecule has 4 rings (SSSR count). The van der Waals surface area contributed by atoms with Gasteiger partial charge in [0.05, 0.1) is 25.7 Å². The van der Waals surface area contributed by atoms with E-state index in [1.54, 1.807) is 18.2 Å². The molecule has 1 aliphatic carbocycles. The molecule has 0 aromatic heterocycles. The van der Waals surface area contributed by atoms with E-state index in [0.29, 0.717) is 28.4 Å². The monoisotopic (exact) mass is 396 g/mol. The van der Waals surface area contributed by atoms with E-state index in [2.05, 4.69) is 0 Å². The maximum Gasteiger partial charge on any atom is 0.338 e. The topological polar surface area (TPSA) is 71.1 Å². The third-order valence-electron chi connectivity index (χ3n) is 5.67. The fourth-order valence-electron chi connectivity index (χ4n) is 4.14. The Labute approximate surface area is 169 Å². The zero-order chi connectivity index (χ0) is 20.4. The average molecular weight is 396 g/mol. The summed E-state index contributed by atoms with van der Waals surface area (Å²) in [5.74, 6) is 0.439. The molecule has 0 saturated heterocycles. The van der Waals surface area contributed by atoms with E-state index in [4.69, 9.17) is 18.9 Å². The Morgan fingerprint density at radius 2 is 1.69 bits per heavy atom. The molecule has 0 spiro atoms. The van der Waals surface area contributed by atoms with Gasteiger partial charge in [-0.25, -0.2) is 4.79 Å². The minimum Gasteiger partial charge on any atom is -0.493 e. The fraction of sp³-hybridized carbons (Fsp3) is 0.391. The number of hydrogen-bond acceptors (Lipinski definition) is 6. The normalized spacial score (nSPS) is 16.1. The number of esters is 2. The molecule has 1 heterocycles. The van der Waals surface area contributed by atoms with E-state index in [-0.39, 0.29) is 24.5 Å². The van der Waals surface area contributed by atoms with Gasteiger partial charge in [0, 0.05) is 11.1 Å². The van der Waals surface area contributed by atoms with Crippen LogP contribution >= 0.6 is 0 Å². The molecule has 0 unspecified atom stereocenters. The first-order chi connectivity index (χ1) is 14.1. The van der Waals surface area contributed by atoms with Crippen LogP contribution in [0.15, 0.2) is 30.3 Å². The largest absolute Gasteiger partial charge is 0.493 e. The Morgan fingerprint density at radius 1 is 0.931 bits per heavy atom. The summed E-state index contributed by atoms with van der Waals surface area (Å²) in [6, 6.07) is 9.01. The Bertz CT molecular complexity index is 943. The van der Waals surface area contributed by atoms with Gasteiger partial charge in [0.25, 0.3) is 0 Å². The van der Waals surface area contributed by atoms with Crippen molar-refractivity contribution in [3.63, 3.8) is 0 Å². The molecule has 2 aliphatic rings. The quantitative estimate of drug-likeness (QED) is 0.546. The Kier molecular flexibility index (Phi) is 5.43. The van der Waals surface area contributed by atoms with Gasteiger partial charge in [-0.15, -0.1) is 0 Å². The lowest BCUT2D eigenvalue weighted by Gasteiger charge is -2.22. The minimum atomic E-state index is -0.344. The molecule has 6 nitrogen and oxygen atoms in total. The van der Waals surface area contributed by atoms with Crippen molar-refractivity contribution in [3.05, 3.63) is 41.5 Å². The Balaban J connectivity index is 1.81. The lowest BCUT2D eigenvalue weighted by molar-refractivity contribution is -0.140. The maximum absolute atomic E-state index is 12.9. The molecule has 0 N–H and O–H groups in total. The number of methoxy groups -OCH3 is 2. The molecule has 0 radical (unpaired) electrons. The summed E-state index contributed by atoms with van der Waals surface area (Å²) in [5, 5.41) is 0. The molecule has 152 valence electrons. The highest BCUT2D eigenvalue weighted by Gasteiger charge is 2.30. The molecule has 6 heteroatoms. The number of fused-ring (bicyclic) bond motifs is 1. The van der Waals surface area contributed by atoms with Crippen LogP contribution in [-0.4, -0.2) is 26.2 Å². The molecule has 0 atom stereocenters. The third kappa shape index (κ3) is 3.55. The van der Waals surface area contributed by atoms with Crippen molar-refractivity contribution in [2.45, 2.75) is 38.7 Å². The van der Waals surface area contributed by atoms with Gasteiger partial charge in [0.2, 0.25) is 5.75 Å². The van der Waals surface area contributed by atoms with Crippen molar-refractivity contribution in [3.8, 4) is 28.4 Å². The Morgan fingerprint density at radius 3 is 2.41 bits per heavy atom. The first-order valence-electron chi connectivity index (χ1n) is 9.90. The molecule has 1 aliphatic heterocycles. The second-order valence-corrected chi connectivity index (χ2v) is 7.34. The summed E-state index contributed by atoms with van der Waals surface area (Å²) >= 11 is 0. The third-order valence-corrected chi connectivity index (χ3v) is 5.67. The highest BCUT2D eigenvalue weighted by molar-refractivity contribution is 5.97. The second kappa shape index (κ2) is 8.15. The van der Waals surface area contributed by atoms with Crippen LogP contribution in [0.25, 0.3) is 11.1 Å². The van der Waals surface area contributed by atoms with E-state index in [9.17, 15) is 9.59 Å². The number of carbonyl (C=O) groups is 2. The number of hydrogen-bond donors (Lipinski definition) is 0. The SMILES string of the molecule is COc1ccc(-c2cccc3c2COC3=O)c(OC(=O)C2CCCCC2)c1OC. The predicted octanol–water partition coefficient (Wildman–Crippen LogP) is 4.53. The lowest BCUT2D eigenvalue weighted by Crippen LogP contribution is -2.23. The summed E-state index contributed by atoms with van der Waals surface area (Å²) in [6.45, 7) is 0.189. The van der Waals surface area contributed by atoms with Gasteiger partial charge >= 0.3 is 11.9 Å². The standard InChI is InChI=1S/C23H24O6/c1-26-19-12-11-16(15-9-6-10-17-18(15)13-28-23(17)25)20(21(19)27-2)29-22(24)14-7-4-3-5-8-14/h6,9-12,14H,3-5,7-8,13H2,1-2H3. The van der Waals surface area contributed by atoms with Gasteiger partial charge < -0.3 is 18.9 Å². The summed E-state index contributed by atoms with van der Waals surface area (Å²) in [4.78, 5) is 24.9. The molecule has 1 saturated carbocycles. The van der Waals surface area contributed by atoms with Gasteiger partial charge in [0.15, 0.2) is 11.5 Å². The number of carbonyl (C=O) groups excluding carboxylic acids is 2. The van der Waals surface area contributed by atoms with E-state index in [1.165, 1.54) is 14.2 Å². The molecular weight excluding hydrogens is 372 g/mol. The minimum absolute atomic E-state index is 0.112. The molecule has 29 heavy (non-hydrogen) atoms. The van der Waals surface area contributed by atoms with Crippen LogP contribution in [0.3, 0.4) is 0 Å². The first-order valence-corrected chi connectivity index (χ1v) is 9.90. The number of ether oxygens (including phenoxy) is 4. The number of cyclic esters (lactones) is 1. The maximum atomic E-state index is 12.9. The Hall–Kier alpha value is -3.02. The van der Waals surface area contributed by atoms with Crippen LogP contribution in [0.4, 0.5) is 0 Å². The van der Waals surface area contributed by atoms with Gasteiger partial charge in [-0.1, -0.05) is 31.4 Å². The van der Waals surface area contributed by atoms with Crippen molar-refractivity contribution in [1.29, 1.82) is 0 Å². The van der Waals surface area contributed by atoms with Crippen LogP contribution < -0.4 is 14.2 Å². The predicted molar refractivity (Wildman–Crippen MR) is 106 cm³/mol. The van der Waals surface area contributed by atoms with Crippen LogP contribution in [0.5, 0.6) is 17.2 Å². The van der Waals surface area contributed by atoms with E-state index in [1.807, 2.05) is 12.1 Å². The summed E-state index contributed by atoms with van der Waals surface area (Å²) in [5.41, 5.74) is 2.75. The van der Waals surface area contributed by atoms with Gasteiger partial charge in [-0.05, 0) is 36.6 Å². The van der Waals surface area contributed by atoms with E-state index in [0.717, 1.165) is 43.2 Å². The van der Waals surface area contributed by atoms with Crippen LogP contribution in [0, 0.1) is 5.92 Å². The smallest absolute Gasteiger partial charge is 0.338 e. The van der Waals surface area contributed by atoms with Crippen molar-refractivity contribution in [2.75, 3.05) is 14.2 Å². The number of benzene rings is 2. The highest BCUT2D eigenvalue weighted by atomic mass is 16.6. The molecule has 2 aromatic rings. The van der Waals surface area contributed by atoms with Crippen molar-refractivity contribution in [1.82, 2.24) is 0 Å². The van der Waals surface area contributed by atoms with Crippen LogP contribution in [-0.2, 0) is 16.1 Å². The zero-order valence-electron chi connectivity index (χ0n) is 16.7. The molecule has 1 fully saturated rings. The van der Waals surface area contributed by atoms with Gasteiger partial charge in [-0.2, -0.15) is 0 Å². The van der Waals surface area contributed by atoms with E-state index < -0.39 is 0 Å². The van der Waals surface area contributed by atoms with Crippen LogP contribution in [0.1, 0.15) is 48.0 Å². The van der Waals surface area contributed by atoms with Crippen molar-refractivity contribution >= 4 is 11.9 Å². The fourth-order valence-corrected chi connectivity index (χ4v) is 4.14. The van der Waals surface area contributed by atoms with E-state index >= 15 is 0 Å². The first kappa shape index (κ1) is 19.3. The molecule has 2 aromatic carbocycles. The number of rotatable bonds is 5. The lowest BCUT2D eigenvalue weighted by atomic mass is 9.89. The summed E-state index contributed by atoms with van der Waals surface area (Å²) in [7, 11) is 3.05. The summed E-state index contributed by atoms with van der Waals surface area (Å²) in [6.07, 6.45) is 4.90. The van der Waals surface area contributed by atoms with Crippen LogP contribution in [0.2, 0.25) is 0 Å². The summed E-state index contributed by atoms with van der Waals surface area (Å²) < 4.78 is 22.1. The van der Waals surface area contributed by atoms with Crippen molar-refractivity contribution < 1.29 is 28.5 Å². The van der Waals surface area contributed by atoms with Crippen molar-refractivity contribution in [2.24, 2.45) is 5.92 Å². The van der Waals surface area contributed by atoms with Gasteiger partial charge in [0.1, 0.15) is 6.61 Å².